The van der Waals surface area contributed by atoms with Crippen LogP contribution in [0.5, 0.6) is 0 Å². The number of amides is 4. The molecule has 0 unspecified atom stereocenters. The number of methoxy groups -OCH3 is 2. The molecular weight excluding hydrogens is 761 g/mol. The van der Waals surface area contributed by atoms with E-state index in [1.165, 1.54) is 14.2 Å². The Labute approximate surface area is 350 Å². The molecule has 2 aliphatic rings. The van der Waals surface area contributed by atoms with Gasteiger partial charge in [-0.3, -0.25) is 9.59 Å². The Bertz CT molecular complexity index is 2420. The third kappa shape index (κ3) is 8.41. The number of aromatic amines is 2. The van der Waals surface area contributed by atoms with Gasteiger partial charge in [-0.15, -0.1) is 0 Å². The smallest absolute Gasteiger partial charge is 0.433 e. The van der Waals surface area contributed by atoms with E-state index in [9.17, 15) is 19.2 Å². The van der Waals surface area contributed by atoms with Crippen molar-refractivity contribution >= 4 is 40.5 Å². The average Bonchev–Trinajstić information content (AvgIpc) is 4.08. The number of imidazole rings is 2. The van der Waals surface area contributed by atoms with Crippen molar-refractivity contribution in [2.24, 2.45) is 16.8 Å². The first-order chi connectivity index (χ1) is 28.8. The number of aliphatic imine (C=N–C) groups is 1. The lowest BCUT2D eigenvalue weighted by molar-refractivity contribution is -0.137. The summed E-state index contributed by atoms with van der Waals surface area (Å²) in [6, 6.07) is 19.7. The van der Waals surface area contributed by atoms with Crippen molar-refractivity contribution in [3.63, 3.8) is 0 Å². The third-order valence-corrected chi connectivity index (χ3v) is 11.8. The van der Waals surface area contributed by atoms with E-state index >= 15 is 0 Å². The number of aromatic nitrogens is 4. The molecule has 3 aromatic carbocycles. The van der Waals surface area contributed by atoms with Gasteiger partial charge < -0.3 is 34.6 Å². The van der Waals surface area contributed by atoms with Gasteiger partial charge in [-0.25, -0.2) is 19.6 Å². The second-order valence-electron chi connectivity index (χ2n) is 16.5. The number of fused-ring (bicyclic) bond motifs is 1. The number of hydrogen-bond acceptors (Lipinski definition) is 8. The highest BCUT2D eigenvalue weighted by Gasteiger charge is 2.42. The third-order valence-electron chi connectivity index (χ3n) is 11.8. The number of H-pyrrole nitrogens is 2. The van der Waals surface area contributed by atoms with Crippen LogP contribution in [0.2, 0.25) is 0 Å². The highest BCUT2D eigenvalue weighted by Crippen LogP contribution is 2.38. The summed E-state index contributed by atoms with van der Waals surface area (Å²) < 4.78 is 9.51. The van der Waals surface area contributed by atoms with Crippen LogP contribution < -0.4 is 5.32 Å². The van der Waals surface area contributed by atoms with Crippen molar-refractivity contribution in [1.29, 1.82) is 0 Å². The van der Waals surface area contributed by atoms with Crippen molar-refractivity contribution < 1.29 is 28.7 Å². The maximum Gasteiger partial charge on any atom is 0.433 e. The molecular formula is C46H54N8O6. The van der Waals surface area contributed by atoms with Gasteiger partial charge in [0.05, 0.1) is 37.7 Å². The zero-order valence-electron chi connectivity index (χ0n) is 35.5. The number of ether oxygens (including phenoxy) is 2. The summed E-state index contributed by atoms with van der Waals surface area (Å²) in [6.45, 7) is 11.5. The van der Waals surface area contributed by atoms with Crippen LogP contribution in [0.3, 0.4) is 0 Å². The number of benzene rings is 3. The summed E-state index contributed by atoms with van der Waals surface area (Å²) in [5.41, 5.74) is 5.80. The zero-order valence-corrected chi connectivity index (χ0v) is 35.5. The number of rotatable bonds is 10. The molecule has 0 radical (unpaired) electrons. The molecule has 2 saturated heterocycles. The topological polar surface area (TPSA) is 175 Å². The van der Waals surface area contributed by atoms with E-state index in [4.69, 9.17) is 19.4 Å². The molecule has 0 saturated carbocycles. The molecule has 0 bridgehead atoms. The van der Waals surface area contributed by atoms with Gasteiger partial charge in [-0.1, -0.05) is 76.2 Å². The average molecular weight is 815 g/mol. The summed E-state index contributed by atoms with van der Waals surface area (Å²) in [6.07, 6.45) is 5.50. The van der Waals surface area contributed by atoms with Gasteiger partial charge in [0.25, 0.3) is 5.91 Å². The summed E-state index contributed by atoms with van der Waals surface area (Å²) >= 11 is 0. The second-order valence-corrected chi connectivity index (χ2v) is 16.5. The fraction of sp³-hybridized carbons (Fsp3) is 0.413. The van der Waals surface area contributed by atoms with Crippen LogP contribution in [0, 0.1) is 11.8 Å². The highest BCUT2D eigenvalue weighted by atomic mass is 16.5. The molecule has 0 spiro atoms. The van der Waals surface area contributed by atoms with E-state index in [1.807, 2.05) is 58.8 Å². The molecule has 314 valence electrons. The highest BCUT2D eigenvalue weighted by molar-refractivity contribution is 6.40. The number of carbonyl (C=O) groups is 4. The number of nitrogens with one attached hydrogen (secondary N) is 3. The molecule has 4 amide bonds. The van der Waals surface area contributed by atoms with Crippen LogP contribution in [-0.4, -0.2) is 91.8 Å². The summed E-state index contributed by atoms with van der Waals surface area (Å²) in [4.78, 5) is 75.7. The number of nitrogens with zero attached hydrogens (tertiary/aromatic N) is 5. The largest absolute Gasteiger partial charge is 0.453 e. The Morgan fingerprint density at radius 1 is 0.700 bits per heavy atom. The van der Waals surface area contributed by atoms with Crippen LogP contribution in [0.4, 0.5) is 9.59 Å². The van der Waals surface area contributed by atoms with E-state index in [-0.39, 0.29) is 53.5 Å². The monoisotopic (exact) mass is 814 g/mol. The molecule has 2 fully saturated rings. The van der Waals surface area contributed by atoms with Crippen molar-refractivity contribution in [1.82, 2.24) is 35.1 Å². The predicted molar refractivity (Wildman–Crippen MR) is 230 cm³/mol. The lowest BCUT2D eigenvalue weighted by atomic mass is 9.98. The van der Waals surface area contributed by atoms with E-state index in [0.29, 0.717) is 5.82 Å². The molecule has 2 aliphatic heterocycles. The molecule has 5 aromatic rings. The first kappa shape index (κ1) is 41.8. The predicted octanol–water partition coefficient (Wildman–Crippen LogP) is 8.64. The van der Waals surface area contributed by atoms with Crippen molar-refractivity contribution in [3.8, 4) is 33.6 Å². The van der Waals surface area contributed by atoms with Gasteiger partial charge in [0.15, 0.2) is 0 Å². The van der Waals surface area contributed by atoms with Gasteiger partial charge in [0.1, 0.15) is 23.4 Å². The minimum atomic E-state index is -0.788. The minimum absolute atomic E-state index is 0.00199. The lowest BCUT2D eigenvalue weighted by Gasteiger charge is -2.32. The molecule has 0 aliphatic carbocycles. The summed E-state index contributed by atoms with van der Waals surface area (Å²) in [5, 5.41) is 4.89. The lowest BCUT2D eigenvalue weighted by Crippen LogP contribution is -2.52. The maximum absolute atomic E-state index is 13.8. The quantitative estimate of drug-likeness (QED) is 0.117. The molecule has 7 rings (SSSR count). The van der Waals surface area contributed by atoms with Gasteiger partial charge in [0.2, 0.25) is 5.91 Å². The van der Waals surface area contributed by atoms with Gasteiger partial charge >= 0.3 is 12.2 Å². The van der Waals surface area contributed by atoms with Gasteiger partial charge in [-0.2, -0.15) is 4.99 Å². The Balaban J connectivity index is 1.05. The van der Waals surface area contributed by atoms with Crippen LogP contribution in [0.1, 0.15) is 91.0 Å². The number of alkyl carbamates (subject to hydrolysis) is 1. The Morgan fingerprint density at radius 3 is 1.78 bits per heavy atom. The van der Waals surface area contributed by atoms with Gasteiger partial charge in [0, 0.05) is 41.5 Å². The Kier molecular flexibility index (Phi) is 12.2. The fourth-order valence-corrected chi connectivity index (χ4v) is 8.51. The Hall–Kier alpha value is -6.31. The Morgan fingerprint density at radius 2 is 1.22 bits per heavy atom. The molecule has 4 heterocycles. The first-order valence-corrected chi connectivity index (χ1v) is 20.7. The van der Waals surface area contributed by atoms with Crippen molar-refractivity contribution in [2.75, 3.05) is 14.2 Å². The maximum atomic E-state index is 13.8. The molecule has 5 atom stereocenters. The van der Waals surface area contributed by atoms with E-state index in [1.54, 1.807) is 4.90 Å². The number of hydrogen-bond donors (Lipinski definition) is 3. The van der Waals surface area contributed by atoms with E-state index in [0.717, 1.165) is 75.9 Å². The second kappa shape index (κ2) is 17.5. The standard InChI is InChI=1S/C46H54N8O6/c1-25(2)39(51-45(57)59-7)43(55)53-27(5)9-19-37(53)41-47-23-35(49-41)30-13-11-29(12-14-30)31-15-16-33-22-34(18-17-32(33)21-31)36-24-48-42(50-36)38-20-10-28(6)54(38)44(56)40(26(3)4)52-46(58)60-8/h11-18,21-28,37-38,40H,9-10,19-20H2,1-8H3,(H,47,49)(H,48,50)(H,52,58)/b51-39+/t27-,28-,37+,38+,40+/m1/s1. The number of likely N-dealkylation sites (tertiary alicyclic amines) is 2. The van der Waals surface area contributed by atoms with E-state index in [2.05, 4.69) is 80.9 Å². The fourth-order valence-electron chi connectivity index (χ4n) is 8.51. The van der Waals surface area contributed by atoms with Crippen molar-refractivity contribution in [2.45, 2.75) is 97.4 Å². The van der Waals surface area contributed by atoms with Crippen LogP contribution in [-0.2, 0) is 19.1 Å². The van der Waals surface area contributed by atoms with Gasteiger partial charge in [-0.05, 0) is 79.5 Å². The minimum Gasteiger partial charge on any atom is -0.453 e. The summed E-state index contributed by atoms with van der Waals surface area (Å²) in [5.74, 6) is 0.624. The molecule has 60 heavy (non-hydrogen) atoms. The summed E-state index contributed by atoms with van der Waals surface area (Å²) in [7, 11) is 2.54. The van der Waals surface area contributed by atoms with Crippen LogP contribution >= 0.6 is 0 Å². The first-order valence-electron chi connectivity index (χ1n) is 20.7. The number of carbonyl (C=O) groups excluding carboxylic acids is 4. The molecule has 2 aromatic heterocycles. The SMILES string of the molecule is COC(=O)/N=C(/C(=O)N1[C@H](C)CC[C@H]1c1nc(-c2ccc(-c3ccc4cc(-c5c[nH]c([C@@H]6CC[C@@H](C)N6C(=O)[C@@H](NC(=O)OC)C(C)C)n5)ccc4c3)cc2)c[nH]1)C(C)C. The van der Waals surface area contributed by atoms with Crippen LogP contribution in [0.25, 0.3) is 44.4 Å². The molecule has 14 heteroatoms. The normalized spacial score (nSPS) is 19.9. The zero-order chi connectivity index (χ0) is 42.8. The molecule has 3 N–H and O–H groups in total. The molecule has 14 nitrogen and oxygen atoms in total. The van der Waals surface area contributed by atoms with E-state index < -0.39 is 18.2 Å². The van der Waals surface area contributed by atoms with Crippen LogP contribution in [0.15, 0.2) is 78.0 Å². The van der Waals surface area contributed by atoms with Crippen molar-refractivity contribution in [3.05, 3.63) is 84.7 Å².